The van der Waals surface area contributed by atoms with Crippen LogP contribution in [0.25, 0.3) is 21.9 Å². The molecule has 0 radical (unpaired) electrons. The Hall–Kier alpha value is -1.93. The zero-order valence-electron chi connectivity index (χ0n) is 9.98. The van der Waals surface area contributed by atoms with Gasteiger partial charge in [-0.3, -0.25) is 4.79 Å². The van der Waals surface area contributed by atoms with E-state index in [1.54, 1.807) is 0 Å². The van der Waals surface area contributed by atoms with Gasteiger partial charge in [0.25, 0.3) is 0 Å². The molecule has 0 aliphatic heterocycles. The lowest BCUT2D eigenvalue weighted by atomic mass is 9.83. The summed E-state index contributed by atoms with van der Waals surface area (Å²) < 4.78 is 1.03. The minimum Gasteiger partial charge on any atom is -0.289 e. The lowest BCUT2D eigenvalue weighted by Gasteiger charge is -2.20. The molecule has 1 aliphatic rings. The van der Waals surface area contributed by atoms with Crippen LogP contribution >= 0.6 is 15.9 Å². The number of hydrogen-bond acceptors (Lipinski definition) is 1. The highest BCUT2D eigenvalue weighted by Gasteiger charge is 2.24. The van der Waals surface area contributed by atoms with E-state index in [0.29, 0.717) is 0 Å². The van der Waals surface area contributed by atoms with Gasteiger partial charge in [-0.25, -0.2) is 0 Å². The van der Waals surface area contributed by atoms with E-state index >= 15 is 0 Å². The van der Waals surface area contributed by atoms with E-state index in [9.17, 15) is 4.79 Å². The van der Waals surface area contributed by atoms with Gasteiger partial charge >= 0.3 is 0 Å². The normalized spacial score (nSPS) is 12.6. The van der Waals surface area contributed by atoms with Crippen molar-refractivity contribution in [1.82, 2.24) is 0 Å². The Labute approximate surface area is 119 Å². The van der Waals surface area contributed by atoms with E-state index in [-0.39, 0.29) is 5.78 Å². The van der Waals surface area contributed by atoms with Crippen LogP contribution in [0.1, 0.15) is 15.9 Å². The topological polar surface area (TPSA) is 17.1 Å². The maximum Gasteiger partial charge on any atom is 0.194 e. The molecule has 2 heteroatoms. The summed E-state index contributed by atoms with van der Waals surface area (Å²) in [5.74, 6) is 0.117. The summed E-state index contributed by atoms with van der Waals surface area (Å²) >= 11 is 3.57. The van der Waals surface area contributed by atoms with Gasteiger partial charge in [0, 0.05) is 21.0 Å². The van der Waals surface area contributed by atoms with Crippen molar-refractivity contribution in [1.29, 1.82) is 0 Å². The Morgan fingerprint density at radius 1 is 0.684 bits per heavy atom. The van der Waals surface area contributed by atoms with Crippen molar-refractivity contribution < 1.29 is 4.79 Å². The van der Waals surface area contributed by atoms with Gasteiger partial charge in [0.05, 0.1) is 0 Å². The second kappa shape index (κ2) is 3.78. The SMILES string of the molecule is O=C1c2ccccc2-c2ccc(Br)c3cccc1c23. The van der Waals surface area contributed by atoms with Crippen LogP contribution in [0.4, 0.5) is 0 Å². The summed E-state index contributed by atoms with van der Waals surface area (Å²) in [6.45, 7) is 0. The van der Waals surface area contributed by atoms with Crippen LogP contribution in [-0.4, -0.2) is 5.78 Å². The molecule has 3 aromatic carbocycles. The molecule has 0 spiro atoms. The first kappa shape index (κ1) is 10.9. The van der Waals surface area contributed by atoms with Crippen LogP contribution in [0, 0.1) is 0 Å². The smallest absolute Gasteiger partial charge is 0.194 e. The summed E-state index contributed by atoms with van der Waals surface area (Å²) in [7, 11) is 0. The number of benzene rings is 3. The molecule has 0 saturated carbocycles. The molecule has 0 fully saturated rings. The molecule has 3 aromatic rings. The van der Waals surface area contributed by atoms with Crippen molar-refractivity contribution >= 4 is 32.5 Å². The molecule has 19 heavy (non-hydrogen) atoms. The van der Waals surface area contributed by atoms with E-state index in [2.05, 4.69) is 22.0 Å². The quantitative estimate of drug-likeness (QED) is 0.455. The van der Waals surface area contributed by atoms with Gasteiger partial charge in [0.15, 0.2) is 5.78 Å². The molecular weight excluding hydrogens is 300 g/mol. The monoisotopic (exact) mass is 308 g/mol. The van der Waals surface area contributed by atoms with Gasteiger partial charge in [-0.05, 0) is 22.6 Å². The zero-order chi connectivity index (χ0) is 13.0. The van der Waals surface area contributed by atoms with Crippen LogP contribution in [0.5, 0.6) is 0 Å². The number of fused-ring (bicyclic) bond motifs is 2. The van der Waals surface area contributed by atoms with Crippen LogP contribution in [0.3, 0.4) is 0 Å². The van der Waals surface area contributed by atoms with Crippen molar-refractivity contribution in [3.05, 3.63) is 70.2 Å². The van der Waals surface area contributed by atoms with Crippen LogP contribution < -0.4 is 0 Å². The molecule has 0 bridgehead atoms. The van der Waals surface area contributed by atoms with Gasteiger partial charge in [-0.15, -0.1) is 0 Å². The first-order chi connectivity index (χ1) is 9.27. The maximum absolute atomic E-state index is 12.6. The van der Waals surface area contributed by atoms with Gasteiger partial charge in [0.1, 0.15) is 0 Å². The second-order valence-corrected chi connectivity index (χ2v) is 5.55. The van der Waals surface area contributed by atoms with Crippen molar-refractivity contribution in [3.63, 3.8) is 0 Å². The lowest BCUT2D eigenvalue weighted by molar-refractivity contribution is 0.104. The second-order valence-electron chi connectivity index (χ2n) is 4.70. The van der Waals surface area contributed by atoms with E-state index in [1.807, 2.05) is 48.5 Å². The van der Waals surface area contributed by atoms with Crippen LogP contribution in [-0.2, 0) is 0 Å². The zero-order valence-corrected chi connectivity index (χ0v) is 11.6. The summed E-state index contributed by atoms with van der Waals surface area (Å²) in [6.07, 6.45) is 0. The van der Waals surface area contributed by atoms with Crippen LogP contribution in [0.2, 0.25) is 0 Å². The van der Waals surface area contributed by atoms with Gasteiger partial charge in [-0.2, -0.15) is 0 Å². The fraction of sp³-hybridized carbons (Fsp3) is 0. The van der Waals surface area contributed by atoms with Crippen LogP contribution in [0.15, 0.2) is 59.1 Å². The van der Waals surface area contributed by atoms with Crippen molar-refractivity contribution in [2.75, 3.05) is 0 Å². The predicted molar refractivity (Wildman–Crippen MR) is 80.5 cm³/mol. The lowest BCUT2D eigenvalue weighted by Crippen LogP contribution is -2.09. The maximum atomic E-state index is 12.6. The minimum atomic E-state index is 0.117. The average Bonchev–Trinajstić information content (AvgIpc) is 2.46. The standard InChI is InChI=1S/C17H9BrO/c18-15-9-8-11-10-4-1-2-5-12(10)17(19)14-7-3-6-13(15)16(11)14/h1-9H. The van der Waals surface area contributed by atoms with E-state index in [1.165, 1.54) is 0 Å². The summed E-state index contributed by atoms with van der Waals surface area (Å²) in [4.78, 5) is 12.6. The number of halogens is 1. The summed E-state index contributed by atoms with van der Waals surface area (Å²) in [6, 6.07) is 17.9. The fourth-order valence-corrected chi connectivity index (χ4v) is 3.31. The number of hydrogen-bond donors (Lipinski definition) is 0. The average molecular weight is 309 g/mol. The number of carbonyl (C=O) groups is 1. The molecule has 0 N–H and O–H groups in total. The highest BCUT2D eigenvalue weighted by molar-refractivity contribution is 9.10. The summed E-state index contributed by atoms with van der Waals surface area (Å²) in [5.41, 5.74) is 3.77. The molecule has 0 heterocycles. The first-order valence-corrected chi connectivity index (χ1v) is 6.92. The third-order valence-corrected chi connectivity index (χ3v) is 4.39. The van der Waals surface area contributed by atoms with Crippen molar-refractivity contribution in [2.24, 2.45) is 0 Å². The molecule has 0 amide bonds. The molecule has 0 atom stereocenters. The molecule has 4 rings (SSSR count). The minimum absolute atomic E-state index is 0.117. The molecule has 0 saturated heterocycles. The number of carbonyl (C=O) groups excluding carboxylic acids is 1. The third-order valence-electron chi connectivity index (χ3n) is 3.69. The van der Waals surface area contributed by atoms with E-state index in [0.717, 1.165) is 37.5 Å². The molecule has 0 aromatic heterocycles. The Kier molecular flexibility index (Phi) is 2.18. The van der Waals surface area contributed by atoms with E-state index in [4.69, 9.17) is 0 Å². The molecule has 1 nitrogen and oxygen atoms in total. The number of ketones is 1. The Morgan fingerprint density at radius 2 is 1.42 bits per heavy atom. The largest absolute Gasteiger partial charge is 0.289 e. The fourth-order valence-electron chi connectivity index (χ4n) is 2.85. The number of rotatable bonds is 0. The highest BCUT2D eigenvalue weighted by Crippen LogP contribution is 2.41. The van der Waals surface area contributed by atoms with Crippen molar-refractivity contribution in [3.8, 4) is 11.1 Å². The molecule has 0 unspecified atom stereocenters. The van der Waals surface area contributed by atoms with Gasteiger partial charge in [0.2, 0.25) is 0 Å². The summed E-state index contributed by atoms with van der Waals surface area (Å²) in [5, 5.41) is 2.15. The Bertz CT molecular complexity index is 849. The van der Waals surface area contributed by atoms with E-state index < -0.39 is 0 Å². The Morgan fingerprint density at radius 3 is 2.26 bits per heavy atom. The van der Waals surface area contributed by atoms with Gasteiger partial charge in [-0.1, -0.05) is 64.5 Å². The third kappa shape index (κ3) is 1.38. The Balaban J connectivity index is 2.28. The van der Waals surface area contributed by atoms with Crippen molar-refractivity contribution in [2.45, 2.75) is 0 Å². The van der Waals surface area contributed by atoms with Gasteiger partial charge < -0.3 is 0 Å². The molecular formula is C17H9BrO. The predicted octanol–water partition coefficient (Wildman–Crippen LogP) is 4.81. The molecule has 1 aliphatic carbocycles. The molecule has 90 valence electrons. The highest BCUT2D eigenvalue weighted by atomic mass is 79.9. The first-order valence-electron chi connectivity index (χ1n) is 6.13.